The minimum absolute atomic E-state index is 0.112. The molecule has 5 heteroatoms. The second-order valence-electron chi connectivity index (χ2n) is 7.23. The highest BCUT2D eigenvalue weighted by atomic mass is 16.5. The first-order chi connectivity index (χ1) is 12.2. The Hall–Kier alpha value is -1.85. The van der Waals surface area contributed by atoms with Crippen LogP contribution in [0.3, 0.4) is 0 Å². The van der Waals surface area contributed by atoms with Crippen molar-refractivity contribution in [1.29, 1.82) is 0 Å². The van der Waals surface area contributed by atoms with Gasteiger partial charge in [0.05, 0.1) is 12.1 Å². The number of benzene rings is 1. The van der Waals surface area contributed by atoms with Crippen LogP contribution in [0.15, 0.2) is 30.5 Å². The lowest BCUT2D eigenvalue weighted by molar-refractivity contribution is -0.154. The van der Waals surface area contributed by atoms with Crippen LogP contribution >= 0.6 is 0 Å². The molecule has 2 aliphatic rings. The Balaban J connectivity index is 1.52. The van der Waals surface area contributed by atoms with Gasteiger partial charge in [0.25, 0.3) is 0 Å². The van der Waals surface area contributed by atoms with Crippen molar-refractivity contribution < 1.29 is 9.53 Å². The van der Waals surface area contributed by atoms with Gasteiger partial charge in [-0.1, -0.05) is 18.2 Å². The number of hydrogen-bond acceptors (Lipinski definition) is 3. The van der Waals surface area contributed by atoms with Crippen molar-refractivity contribution in [3.05, 3.63) is 36.0 Å². The Bertz CT molecular complexity index is 769. The molecular formula is C20H27N3O2. The Morgan fingerprint density at radius 2 is 2.00 bits per heavy atom. The van der Waals surface area contributed by atoms with E-state index >= 15 is 0 Å². The smallest absolute Gasteiger partial charge is 0.248 e. The van der Waals surface area contributed by atoms with Gasteiger partial charge in [-0.05, 0) is 31.4 Å². The number of amides is 1. The number of rotatable bonds is 3. The van der Waals surface area contributed by atoms with Crippen LogP contribution < -0.4 is 0 Å². The molecule has 1 aromatic heterocycles. The van der Waals surface area contributed by atoms with Crippen molar-refractivity contribution in [2.75, 3.05) is 26.7 Å². The fourth-order valence-corrected chi connectivity index (χ4v) is 4.33. The quantitative estimate of drug-likeness (QED) is 0.861. The molecule has 2 atom stereocenters. The maximum Gasteiger partial charge on any atom is 0.248 e. The van der Waals surface area contributed by atoms with Gasteiger partial charge < -0.3 is 14.2 Å². The summed E-state index contributed by atoms with van der Waals surface area (Å²) in [4.78, 5) is 16.3. The summed E-state index contributed by atoms with van der Waals surface area (Å²) in [6.07, 6.45) is 4.47. The Labute approximate surface area is 149 Å². The molecule has 0 aliphatic carbocycles. The summed E-state index contributed by atoms with van der Waals surface area (Å²) in [6.45, 7) is 6.41. The number of likely N-dealkylation sites (tertiary alicyclic amines) is 1. The third-order valence-electron chi connectivity index (χ3n) is 5.82. The van der Waals surface area contributed by atoms with Crippen molar-refractivity contribution in [3.63, 3.8) is 0 Å². The van der Waals surface area contributed by atoms with Gasteiger partial charge in [-0.25, -0.2) is 0 Å². The maximum absolute atomic E-state index is 11.9. The highest BCUT2D eigenvalue weighted by Gasteiger charge is 2.36. The third kappa shape index (κ3) is 3.07. The SMILES string of the molecule is CCn1cc(CN2CC[C@@H]3OCC(=O)N(C)[C@H]3CC2)c2ccccc21. The number of aryl methyl sites for hydroxylation is 1. The predicted molar refractivity (Wildman–Crippen MR) is 98.4 cm³/mol. The number of para-hydroxylation sites is 1. The van der Waals surface area contributed by atoms with Crippen LogP contribution in [0.1, 0.15) is 25.3 Å². The number of nitrogens with zero attached hydrogens (tertiary/aromatic N) is 3. The van der Waals surface area contributed by atoms with E-state index in [1.807, 2.05) is 11.9 Å². The van der Waals surface area contributed by atoms with E-state index in [1.165, 1.54) is 16.5 Å². The largest absolute Gasteiger partial charge is 0.366 e. The van der Waals surface area contributed by atoms with Crippen molar-refractivity contribution in [2.45, 2.75) is 45.0 Å². The fraction of sp³-hybridized carbons (Fsp3) is 0.550. The summed E-state index contributed by atoms with van der Waals surface area (Å²) in [5.41, 5.74) is 2.71. The molecule has 5 nitrogen and oxygen atoms in total. The highest BCUT2D eigenvalue weighted by Crippen LogP contribution is 2.26. The maximum atomic E-state index is 11.9. The van der Waals surface area contributed by atoms with E-state index < -0.39 is 0 Å². The topological polar surface area (TPSA) is 37.7 Å². The predicted octanol–water partition coefficient (Wildman–Crippen LogP) is 2.48. The number of carbonyl (C=O) groups excluding carboxylic acids is 1. The van der Waals surface area contributed by atoms with E-state index in [2.05, 4.69) is 46.9 Å². The summed E-state index contributed by atoms with van der Waals surface area (Å²) in [5.74, 6) is 0.112. The van der Waals surface area contributed by atoms with Gasteiger partial charge in [-0.3, -0.25) is 9.69 Å². The van der Waals surface area contributed by atoms with Gasteiger partial charge in [-0.15, -0.1) is 0 Å². The molecule has 0 N–H and O–H groups in total. The molecule has 0 unspecified atom stereocenters. The minimum Gasteiger partial charge on any atom is -0.366 e. The number of hydrogen-bond donors (Lipinski definition) is 0. The molecule has 25 heavy (non-hydrogen) atoms. The Morgan fingerprint density at radius 3 is 2.84 bits per heavy atom. The van der Waals surface area contributed by atoms with Crippen LogP contribution in [0.5, 0.6) is 0 Å². The zero-order valence-corrected chi connectivity index (χ0v) is 15.1. The molecular weight excluding hydrogens is 314 g/mol. The molecule has 1 amide bonds. The molecule has 0 radical (unpaired) electrons. The normalized spacial score (nSPS) is 25.2. The van der Waals surface area contributed by atoms with Crippen molar-refractivity contribution in [1.82, 2.24) is 14.4 Å². The molecule has 2 aliphatic heterocycles. The molecule has 3 heterocycles. The summed E-state index contributed by atoms with van der Waals surface area (Å²) in [7, 11) is 1.92. The van der Waals surface area contributed by atoms with E-state index in [4.69, 9.17) is 4.74 Å². The van der Waals surface area contributed by atoms with Crippen molar-refractivity contribution in [2.24, 2.45) is 0 Å². The second-order valence-corrected chi connectivity index (χ2v) is 7.23. The van der Waals surface area contributed by atoms with E-state index in [0.29, 0.717) is 0 Å². The van der Waals surface area contributed by atoms with E-state index in [1.54, 1.807) is 0 Å². The average Bonchev–Trinajstić information content (AvgIpc) is 2.85. The number of carbonyl (C=O) groups is 1. The number of morpholine rings is 1. The van der Waals surface area contributed by atoms with E-state index in [0.717, 1.165) is 39.0 Å². The Morgan fingerprint density at radius 1 is 1.20 bits per heavy atom. The first-order valence-corrected chi connectivity index (χ1v) is 9.33. The third-order valence-corrected chi connectivity index (χ3v) is 5.82. The second kappa shape index (κ2) is 6.81. The molecule has 2 fully saturated rings. The van der Waals surface area contributed by atoms with Crippen LogP contribution in [0, 0.1) is 0 Å². The lowest BCUT2D eigenvalue weighted by Gasteiger charge is -2.37. The van der Waals surface area contributed by atoms with Crippen LogP contribution in [-0.4, -0.2) is 59.2 Å². The van der Waals surface area contributed by atoms with E-state index in [9.17, 15) is 4.79 Å². The van der Waals surface area contributed by atoms with Crippen molar-refractivity contribution >= 4 is 16.8 Å². The first kappa shape index (κ1) is 16.6. The summed E-state index contributed by atoms with van der Waals surface area (Å²) in [6, 6.07) is 8.89. The lowest BCUT2D eigenvalue weighted by atomic mass is 10.0. The molecule has 2 saturated heterocycles. The number of aromatic nitrogens is 1. The zero-order chi connectivity index (χ0) is 17.4. The van der Waals surface area contributed by atoms with Gasteiger partial charge in [0.2, 0.25) is 5.91 Å². The molecule has 0 saturated carbocycles. The molecule has 0 bridgehead atoms. The molecule has 2 aromatic rings. The number of likely N-dealkylation sites (N-methyl/N-ethyl adjacent to an activating group) is 1. The molecule has 1 aromatic carbocycles. The number of fused-ring (bicyclic) bond motifs is 2. The molecule has 134 valence electrons. The first-order valence-electron chi connectivity index (χ1n) is 9.33. The van der Waals surface area contributed by atoms with Gasteiger partial charge in [-0.2, -0.15) is 0 Å². The highest BCUT2D eigenvalue weighted by molar-refractivity contribution is 5.84. The van der Waals surface area contributed by atoms with Gasteiger partial charge in [0.1, 0.15) is 6.61 Å². The zero-order valence-electron chi connectivity index (χ0n) is 15.1. The van der Waals surface area contributed by atoms with E-state index in [-0.39, 0.29) is 24.7 Å². The minimum atomic E-state index is 0.112. The molecule has 4 rings (SSSR count). The monoisotopic (exact) mass is 341 g/mol. The van der Waals surface area contributed by atoms with Gasteiger partial charge >= 0.3 is 0 Å². The van der Waals surface area contributed by atoms with Crippen molar-refractivity contribution in [3.8, 4) is 0 Å². The Kier molecular flexibility index (Phi) is 4.52. The van der Waals surface area contributed by atoms with Crippen LogP contribution in [0.4, 0.5) is 0 Å². The number of ether oxygens (including phenoxy) is 1. The van der Waals surface area contributed by atoms with Gasteiger partial charge in [0, 0.05) is 50.3 Å². The average molecular weight is 341 g/mol. The van der Waals surface area contributed by atoms with Crippen LogP contribution in [0.25, 0.3) is 10.9 Å². The molecule has 0 spiro atoms. The van der Waals surface area contributed by atoms with Crippen LogP contribution in [-0.2, 0) is 22.6 Å². The summed E-state index contributed by atoms with van der Waals surface area (Å²) in [5, 5.41) is 1.36. The lowest BCUT2D eigenvalue weighted by Crippen LogP contribution is -2.52. The van der Waals surface area contributed by atoms with Crippen LogP contribution in [0.2, 0.25) is 0 Å². The fourth-order valence-electron chi connectivity index (χ4n) is 4.33. The standard InChI is InChI=1S/C20H27N3O2/c1-3-23-13-15(16-6-4-5-7-17(16)23)12-22-10-8-18-19(9-11-22)25-14-20(24)21(18)2/h4-7,13,18-19H,3,8-12,14H2,1-2H3/t18-,19-/m0/s1. The summed E-state index contributed by atoms with van der Waals surface area (Å²) < 4.78 is 8.14. The van der Waals surface area contributed by atoms with Gasteiger partial charge in [0.15, 0.2) is 0 Å². The summed E-state index contributed by atoms with van der Waals surface area (Å²) >= 11 is 0.